The fourth-order valence-corrected chi connectivity index (χ4v) is 4.07. The lowest BCUT2D eigenvalue weighted by atomic mass is 9.75. The van der Waals surface area contributed by atoms with Crippen molar-refractivity contribution in [3.63, 3.8) is 0 Å². The van der Waals surface area contributed by atoms with Gasteiger partial charge in [-0.2, -0.15) is 0 Å². The van der Waals surface area contributed by atoms with E-state index in [9.17, 15) is 4.79 Å². The van der Waals surface area contributed by atoms with E-state index in [0.29, 0.717) is 22.9 Å². The van der Waals surface area contributed by atoms with Crippen molar-refractivity contribution in [1.29, 1.82) is 0 Å². The van der Waals surface area contributed by atoms with E-state index in [-0.39, 0.29) is 17.8 Å². The van der Waals surface area contributed by atoms with Crippen LogP contribution >= 0.6 is 11.8 Å². The molecule has 1 saturated carbocycles. The van der Waals surface area contributed by atoms with Crippen LogP contribution in [0.1, 0.15) is 51.4 Å². The van der Waals surface area contributed by atoms with Crippen LogP contribution in [0.4, 0.5) is 0 Å². The van der Waals surface area contributed by atoms with E-state index in [1.54, 1.807) is 0 Å². The third-order valence-electron chi connectivity index (χ3n) is 4.53. The number of aryl methyl sites for hydroxylation is 2. The molecule has 0 amide bonds. The molecule has 0 N–H and O–H groups in total. The van der Waals surface area contributed by atoms with E-state index in [1.807, 2.05) is 19.9 Å². The molecular formula is C18H28N2O2S. The van der Waals surface area contributed by atoms with Crippen molar-refractivity contribution in [3.8, 4) is 0 Å². The Morgan fingerprint density at radius 2 is 1.96 bits per heavy atom. The molecular weight excluding hydrogens is 308 g/mol. The number of carbonyl (C=O) groups excluding carboxylic acids is 1. The van der Waals surface area contributed by atoms with Crippen LogP contribution in [0.3, 0.4) is 0 Å². The van der Waals surface area contributed by atoms with Crippen molar-refractivity contribution in [1.82, 2.24) is 9.97 Å². The standard InChI is InChI=1S/C18H28N2O2S/c1-11(2)15-7-6-12(3)8-16(15)22-17(21)10-23-18-19-13(4)9-14(5)20-18/h9,11-12,15-16H,6-8,10H2,1-5H3/t12-,15+,16-/m0/s1. The van der Waals surface area contributed by atoms with Crippen molar-refractivity contribution < 1.29 is 9.53 Å². The van der Waals surface area contributed by atoms with Crippen LogP contribution in [0, 0.1) is 31.6 Å². The molecule has 0 bridgehead atoms. The Morgan fingerprint density at radius 3 is 2.57 bits per heavy atom. The summed E-state index contributed by atoms with van der Waals surface area (Å²) in [5, 5.41) is 0.650. The molecule has 2 rings (SSSR count). The summed E-state index contributed by atoms with van der Waals surface area (Å²) in [6.45, 7) is 10.6. The van der Waals surface area contributed by atoms with Gasteiger partial charge in [0, 0.05) is 11.4 Å². The molecule has 3 atom stereocenters. The quantitative estimate of drug-likeness (QED) is 0.458. The number of ether oxygens (including phenoxy) is 1. The lowest BCUT2D eigenvalue weighted by Gasteiger charge is -2.36. The number of rotatable bonds is 5. The molecule has 4 nitrogen and oxygen atoms in total. The minimum absolute atomic E-state index is 0.0620. The van der Waals surface area contributed by atoms with Crippen LogP contribution in [-0.4, -0.2) is 27.8 Å². The molecule has 0 unspecified atom stereocenters. The Kier molecular flexibility index (Phi) is 6.45. The Hall–Kier alpha value is -1.10. The normalized spacial score (nSPS) is 24.7. The minimum Gasteiger partial charge on any atom is -0.461 e. The molecule has 1 aromatic heterocycles. The smallest absolute Gasteiger partial charge is 0.316 e. The van der Waals surface area contributed by atoms with Gasteiger partial charge < -0.3 is 4.74 Å². The third-order valence-corrected chi connectivity index (χ3v) is 5.35. The molecule has 0 aromatic carbocycles. The van der Waals surface area contributed by atoms with Crippen LogP contribution < -0.4 is 0 Å². The number of nitrogens with zero attached hydrogens (tertiary/aromatic N) is 2. The van der Waals surface area contributed by atoms with Crippen molar-refractivity contribution in [2.45, 2.75) is 65.1 Å². The highest BCUT2D eigenvalue weighted by molar-refractivity contribution is 7.99. The highest BCUT2D eigenvalue weighted by atomic mass is 32.2. The summed E-state index contributed by atoms with van der Waals surface area (Å²) in [6.07, 6.45) is 3.44. The van der Waals surface area contributed by atoms with Crippen molar-refractivity contribution in [2.75, 3.05) is 5.75 Å². The zero-order valence-electron chi connectivity index (χ0n) is 14.8. The predicted octanol–water partition coefficient (Wildman–Crippen LogP) is 4.19. The fourth-order valence-electron chi connectivity index (χ4n) is 3.33. The molecule has 1 fully saturated rings. The number of aromatic nitrogens is 2. The number of thioether (sulfide) groups is 1. The molecule has 0 spiro atoms. The number of esters is 1. The van der Waals surface area contributed by atoms with E-state index in [4.69, 9.17) is 4.74 Å². The van der Waals surface area contributed by atoms with Gasteiger partial charge >= 0.3 is 5.97 Å². The van der Waals surface area contributed by atoms with Crippen LogP contribution in [0.2, 0.25) is 0 Å². The molecule has 0 radical (unpaired) electrons. The zero-order valence-corrected chi connectivity index (χ0v) is 15.7. The lowest BCUT2D eigenvalue weighted by molar-refractivity contribution is -0.152. The largest absolute Gasteiger partial charge is 0.461 e. The van der Waals surface area contributed by atoms with Gasteiger partial charge in [-0.1, -0.05) is 39.0 Å². The molecule has 1 aliphatic rings. The van der Waals surface area contributed by atoms with E-state index in [1.165, 1.54) is 18.2 Å². The van der Waals surface area contributed by atoms with Gasteiger partial charge in [0.15, 0.2) is 5.16 Å². The van der Waals surface area contributed by atoms with E-state index in [2.05, 4.69) is 30.7 Å². The van der Waals surface area contributed by atoms with Gasteiger partial charge in [0.05, 0.1) is 5.75 Å². The molecule has 1 aromatic rings. The number of carbonyl (C=O) groups is 1. The molecule has 1 heterocycles. The summed E-state index contributed by atoms with van der Waals surface area (Å²) in [4.78, 5) is 20.9. The highest BCUT2D eigenvalue weighted by Crippen LogP contribution is 2.35. The molecule has 0 aliphatic heterocycles. The summed E-state index contributed by atoms with van der Waals surface area (Å²) in [7, 11) is 0. The Bertz CT molecular complexity index is 528. The van der Waals surface area contributed by atoms with E-state index >= 15 is 0 Å². The molecule has 0 saturated heterocycles. The van der Waals surface area contributed by atoms with Gasteiger partial charge in [-0.3, -0.25) is 4.79 Å². The summed E-state index contributed by atoms with van der Waals surface area (Å²) in [5.41, 5.74) is 1.85. The van der Waals surface area contributed by atoms with Gasteiger partial charge in [0.2, 0.25) is 0 Å². The van der Waals surface area contributed by atoms with Gasteiger partial charge in [0.1, 0.15) is 6.10 Å². The van der Waals surface area contributed by atoms with Crippen LogP contribution in [0.15, 0.2) is 11.2 Å². The van der Waals surface area contributed by atoms with Crippen LogP contribution in [-0.2, 0) is 9.53 Å². The fraction of sp³-hybridized carbons (Fsp3) is 0.722. The molecule has 5 heteroatoms. The predicted molar refractivity (Wildman–Crippen MR) is 93.5 cm³/mol. The average Bonchev–Trinajstić information content (AvgIpc) is 2.44. The van der Waals surface area contributed by atoms with Gasteiger partial charge in [-0.25, -0.2) is 9.97 Å². The first-order chi connectivity index (χ1) is 10.8. The maximum Gasteiger partial charge on any atom is 0.316 e. The second-order valence-electron chi connectivity index (χ2n) is 7.08. The lowest BCUT2D eigenvalue weighted by Crippen LogP contribution is -2.36. The average molecular weight is 337 g/mol. The molecule has 23 heavy (non-hydrogen) atoms. The van der Waals surface area contributed by atoms with Crippen molar-refractivity contribution in [2.24, 2.45) is 17.8 Å². The summed E-state index contributed by atoms with van der Waals surface area (Å²) in [5.74, 6) is 1.80. The Labute approximate surface area is 143 Å². The summed E-state index contributed by atoms with van der Waals surface area (Å²) < 4.78 is 5.80. The van der Waals surface area contributed by atoms with Gasteiger partial charge in [0.25, 0.3) is 0 Å². The third kappa shape index (κ3) is 5.48. The number of hydrogen-bond donors (Lipinski definition) is 0. The van der Waals surface area contributed by atoms with Gasteiger partial charge in [-0.05, 0) is 50.5 Å². The molecule has 128 valence electrons. The monoisotopic (exact) mass is 336 g/mol. The second kappa shape index (κ2) is 8.13. The summed E-state index contributed by atoms with van der Waals surface area (Å²) in [6, 6.07) is 1.93. The second-order valence-corrected chi connectivity index (χ2v) is 8.02. The van der Waals surface area contributed by atoms with Gasteiger partial charge in [-0.15, -0.1) is 0 Å². The summed E-state index contributed by atoms with van der Waals surface area (Å²) >= 11 is 1.36. The van der Waals surface area contributed by atoms with Crippen molar-refractivity contribution >= 4 is 17.7 Å². The first kappa shape index (κ1) is 18.2. The first-order valence-corrected chi connectivity index (χ1v) is 9.48. The first-order valence-electron chi connectivity index (χ1n) is 8.49. The number of hydrogen-bond acceptors (Lipinski definition) is 5. The maximum atomic E-state index is 12.2. The Balaban J connectivity index is 1.90. The SMILES string of the molecule is Cc1cc(C)nc(SCC(=O)O[C@H]2C[C@@H](C)CC[C@@H]2C(C)C)n1. The maximum absolute atomic E-state index is 12.2. The van der Waals surface area contributed by atoms with E-state index in [0.717, 1.165) is 24.2 Å². The van der Waals surface area contributed by atoms with Crippen LogP contribution in [0.5, 0.6) is 0 Å². The van der Waals surface area contributed by atoms with E-state index < -0.39 is 0 Å². The van der Waals surface area contributed by atoms with Crippen molar-refractivity contribution in [3.05, 3.63) is 17.5 Å². The highest BCUT2D eigenvalue weighted by Gasteiger charge is 2.33. The van der Waals surface area contributed by atoms with Crippen LogP contribution in [0.25, 0.3) is 0 Å². The minimum atomic E-state index is -0.150. The topological polar surface area (TPSA) is 52.1 Å². The Morgan fingerprint density at radius 1 is 1.30 bits per heavy atom. The zero-order chi connectivity index (χ0) is 17.0. The molecule has 1 aliphatic carbocycles.